The van der Waals surface area contributed by atoms with Crippen LogP contribution in [0.1, 0.15) is 36.1 Å². The number of thiophene rings is 1. The van der Waals surface area contributed by atoms with Gasteiger partial charge in [0.2, 0.25) is 0 Å². The van der Waals surface area contributed by atoms with Crippen molar-refractivity contribution < 1.29 is 13.9 Å². The van der Waals surface area contributed by atoms with Crippen molar-refractivity contribution in [2.24, 2.45) is 0 Å². The van der Waals surface area contributed by atoms with E-state index in [0.29, 0.717) is 27.9 Å². The number of H-pyrrole nitrogens is 1. The van der Waals surface area contributed by atoms with Crippen molar-refractivity contribution in [3.8, 4) is 5.75 Å². The van der Waals surface area contributed by atoms with E-state index >= 15 is 0 Å². The van der Waals surface area contributed by atoms with Gasteiger partial charge < -0.3 is 10.1 Å². The third-order valence-corrected chi connectivity index (χ3v) is 5.23. The van der Waals surface area contributed by atoms with E-state index in [-0.39, 0.29) is 22.2 Å². The first-order valence-electron chi connectivity index (χ1n) is 7.04. The molecule has 0 fully saturated rings. The van der Waals surface area contributed by atoms with Crippen molar-refractivity contribution >= 4 is 31.8 Å². The van der Waals surface area contributed by atoms with Gasteiger partial charge in [-0.1, -0.05) is 0 Å². The molecular weight excluding hydrogens is 310 g/mol. The van der Waals surface area contributed by atoms with Crippen molar-refractivity contribution in [1.29, 1.82) is 0 Å². The Labute approximate surface area is 127 Å². The number of aromatic amines is 1. The highest BCUT2D eigenvalue weighted by atomic mass is 32.1. The number of rotatable bonds is 1. The molecule has 0 radical (unpaired) electrons. The molecule has 7 heteroatoms. The molecule has 0 bridgehead atoms. The zero-order chi connectivity index (χ0) is 15.4. The Morgan fingerprint density at radius 2 is 2.09 bits per heavy atom. The van der Waals surface area contributed by atoms with Gasteiger partial charge in [-0.05, 0) is 31.2 Å². The first-order valence-corrected chi connectivity index (χ1v) is 7.86. The van der Waals surface area contributed by atoms with E-state index < -0.39 is 12.0 Å². The lowest BCUT2D eigenvalue weighted by molar-refractivity contribution is 0.151. The number of aromatic hydroxyl groups is 1. The van der Waals surface area contributed by atoms with E-state index in [1.165, 1.54) is 0 Å². The minimum absolute atomic E-state index is 0.0350. The van der Waals surface area contributed by atoms with Gasteiger partial charge >= 0.3 is 0 Å². The molecule has 1 aliphatic carbocycles. The normalized spacial score (nSPS) is 14.9. The molecule has 3 aromatic rings. The SMILES string of the molecule is O=c1cc(O)c2sc3nc4c(c(C(F)F)c3c2[nH]1)CCCC4. The van der Waals surface area contributed by atoms with Crippen molar-refractivity contribution in [2.45, 2.75) is 32.1 Å². The van der Waals surface area contributed by atoms with Crippen molar-refractivity contribution in [3.05, 3.63) is 33.2 Å². The summed E-state index contributed by atoms with van der Waals surface area (Å²) in [6.45, 7) is 0. The smallest absolute Gasteiger partial charge is 0.264 e. The lowest BCUT2D eigenvalue weighted by Gasteiger charge is -2.19. The highest BCUT2D eigenvalue weighted by Gasteiger charge is 2.27. The predicted octanol–water partition coefficient (Wildman–Crippen LogP) is 3.66. The molecular formula is C15H12F2N2O2S. The molecule has 22 heavy (non-hydrogen) atoms. The van der Waals surface area contributed by atoms with Gasteiger partial charge in [0.25, 0.3) is 12.0 Å². The summed E-state index contributed by atoms with van der Waals surface area (Å²) >= 11 is 1.14. The van der Waals surface area contributed by atoms with Crippen LogP contribution in [-0.4, -0.2) is 15.1 Å². The average molecular weight is 322 g/mol. The maximum absolute atomic E-state index is 13.7. The van der Waals surface area contributed by atoms with Crippen LogP contribution in [0.15, 0.2) is 10.9 Å². The number of halogens is 2. The van der Waals surface area contributed by atoms with Crippen LogP contribution in [-0.2, 0) is 12.8 Å². The van der Waals surface area contributed by atoms with E-state index in [1.807, 2.05) is 0 Å². The van der Waals surface area contributed by atoms with Crippen LogP contribution < -0.4 is 5.56 Å². The van der Waals surface area contributed by atoms with Gasteiger partial charge in [-0.25, -0.2) is 13.8 Å². The maximum atomic E-state index is 13.7. The average Bonchev–Trinajstić information content (AvgIpc) is 2.83. The van der Waals surface area contributed by atoms with Gasteiger partial charge in [0.05, 0.1) is 10.2 Å². The minimum Gasteiger partial charge on any atom is -0.506 e. The summed E-state index contributed by atoms with van der Waals surface area (Å²) in [5.74, 6) is -0.195. The lowest BCUT2D eigenvalue weighted by Crippen LogP contribution is -2.10. The van der Waals surface area contributed by atoms with Crippen LogP contribution in [0, 0.1) is 0 Å². The molecule has 0 unspecified atom stereocenters. The fourth-order valence-electron chi connectivity index (χ4n) is 3.21. The highest BCUT2D eigenvalue weighted by molar-refractivity contribution is 7.25. The third-order valence-electron chi connectivity index (χ3n) is 4.13. The van der Waals surface area contributed by atoms with Crippen LogP contribution >= 0.6 is 11.3 Å². The number of hydrogen-bond donors (Lipinski definition) is 2. The third kappa shape index (κ3) is 1.85. The number of nitrogens with zero attached hydrogens (tertiary/aromatic N) is 1. The molecule has 0 aliphatic heterocycles. The molecule has 1 aliphatic rings. The van der Waals surface area contributed by atoms with Gasteiger partial charge in [0, 0.05) is 22.7 Å². The number of fused-ring (bicyclic) bond motifs is 4. The Bertz CT molecular complexity index is 962. The number of pyridine rings is 2. The Balaban J connectivity index is 2.23. The number of aryl methyl sites for hydroxylation is 1. The van der Waals surface area contributed by atoms with Crippen LogP contribution in [0.4, 0.5) is 8.78 Å². The number of hydrogen-bond acceptors (Lipinski definition) is 4. The summed E-state index contributed by atoms with van der Waals surface area (Å²) < 4.78 is 27.8. The Kier molecular flexibility index (Phi) is 2.94. The molecule has 3 aromatic heterocycles. The van der Waals surface area contributed by atoms with Crippen LogP contribution in [0.2, 0.25) is 0 Å². The number of nitrogens with one attached hydrogen (secondary N) is 1. The maximum Gasteiger partial charge on any atom is 0.264 e. The summed E-state index contributed by atoms with van der Waals surface area (Å²) in [6.07, 6.45) is 0.450. The molecule has 0 aromatic carbocycles. The zero-order valence-corrected chi connectivity index (χ0v) is 12.3. The molecule has 4 rings (SSSR count). The molecule has 2 N–H and O–H groups in total. The first-order chi connectivity index (χ1) is 10.6. The Morgan fingerprint density at radius 1 is 1.32 bits per heavy atom. The van der Waals surface area contributed by atoms with E-state index in [2.05, 4.69) is 9.97 Å². The predicted molar refractivity (Wildman–Crippen MR) is 81.0 cm³/mol. The molecule has 0 atom stereocenters. The van der Waals surface area contributed by atoms with Gasteiger partial charge in [0.1, 0.15) is 10.6 Å². The van der Waals surface area contributed by atoms with E-state index in [1.54, 1.807) is 0 Å². The van der Waals surface area contributed by atoms with Crippen LogP contribution in [0.5, 0.6) is 5.75 Å². The zero-order valence-electron chi connectivity index (χ0n) is 11.4. The second-order valence-electron chi connectivity index (χ2n) is 5.46. The molecule has 4 nitrogen and oxygen atoms in total. The second-order valence-corrected chi connectivity index (χ2v) is 6.46. The van der Waals surface area contributed by atoms with E-state index in [9.17, 15) is 18.7 Å². The van der Waals surface area contributed by atoms with Crippen molar-refractivity contribution in [3.63, 3.8) is 0 Å². The molecule has 114 valence electrons. The largest absolute Gasteiger partial charge is 0.506 e. The molecule has 0 spiro atoms. The molecule has 0 saturated heterocycles. The number of aromatic nitrogens is 2. The van der Waals surface area contributed by atoms with Gasteiger partial charge in [-0.3, -0.25) is 4.79 Å². The quantitative estimate of drug-likeness (QED) is 0.718. The van der Waals surface area contributed by atoms with Crippen LogP contribution in [0.25, 0.3) is 20.4 Å². The second kappa shape index (κ2) is 4.74. The van der Waals surface area contributed by atoms with Crippen LogP contribution in [0.3, 0.4) is 0 Å². The summed E-state index contributed by atoms with van der Waals surface area (Å²) in [6, 6.07) is 1.06. The lowest BCUT2D eigenvalue weighted by atomic mass is 9.91. The van der Waals surface area contributed by atoms with Crippen molar-refractivity contribution in [1.82, 2.24) is 9.97 Å². The minimum atomic E-state index is -2.64. The fourth-order valence-corrected chi connectivity index (χ4v) is 4.30. The standard InChI is InChI=1S/C15H12F2N2O2S/c16-14(17)10-6-3-1-2-4-7(6)18-15-11(10)12-13(22-15)8(20)5-9(21)19-12/h5,14H,1-4H2,(H2,19,20,21). The fraction of sp³-hybridized carbons (Fsp3) is 0.333. The summed E-state index contributed by atoms with van der Waals surface area (Å²) in [5.41, 5.74) is 1.05. The van der Waals surface area contributed by atoms with Gasteiger partial charge in [0.15, 0.2) is 0 Å². The Morgan fingerprint density at radius 3 is 2.86 bits per heavy atom. The number of alkyl halides is 2. The Hall–Kier alpha value is -2.02. The summed E-state index contributed by atoms with van der Waals surface area (Å²) in [5, 5.41) is 10.2. The topological polar surface area (TPSA) is 66.0 Å². The van der Waals surface area contributed by atoms with E-state index in [4.69, 9.17) is 0 Å². The monoisotopic (exact) mass is 322 g/mol. The van der Waals surface area contributed by atoms with Gasteiger partial charge in [-0.2, -0.15) is 0 Å². The molecule has 0 saturated carbocycles. The van der Waals surface area contributed by atoms with Gasteiger partial charge in [-0.15, -0.1) is 11.3 Å². The summed E-state index contributed by atoms with van der Waals surface area (Å²) in [4.78, 5) is 19.1. The summed E-state index contributed by atoms with van der Waals surface area (Å²) in [7, 11) is 0. The highest BCUT2D eigenvalue weighted by Crippen LogP contribution is 2.43. The van der Waals surface area contributed by atoms with E-state index in [0.717, 1.165) is 35.9 Å². The molecule has 3 heterocycles. The molecule has 0 amide bonds. The first kappa shape index (κ1) is 13.6. The van der Waals surface area contributed by atoms with Crippen molar-refractivity contribution in [2.75, 3.05) is 0 Å².